The summed E-state index contributed by atoms with van der Waals surface area (Å²) in [6, 6.07) is 4.69. The summed E-state index contributed by atoms with van der Waals surface area (Å²) >= 11 is 0. The molecule has 1 aromatic carbocycles. The Morgan fingerprint density at radius 1 is 1.20 bits per heavy atom. The molecular formula is C17H30ClNO. The van der Waals surface area contributed by atoms with Crippen molar-refractivity contribution in [1.82, 2.24) is 0 Å². The molecule has 1 rings (SSSR count). The standard InChI is InChI=1S/C17H29NO.ClH/c1-7-14(18)10-13-11-16(19-8-2)15(9-12(13)3)17(4,5)6;/h9,11,14H,7-8,10,18H2,1-6H3;1H. The minimum Gasteiger partial charge on any atom is -0.494 e. The number of hydrogen-bond acceptors (Lipinski definition) is 2. The summed E-state index contributed by atoms with van der Waals surface area (Å²) in [5.74, 6) is 1.01. The summed E-state index contributed by atoms with van der Waals surface area (Å²) in [5.41, 5.74) is 10.1. The lowest BCUT2D eigenvalue weighted by atomic mass is 9.83. The monoisotopic (exact) mass is 299 g/mol. The van der Waals surface area contributed by atoms with E-state index in [-0.39, 0.29) is 23.9 Å². The molecule has 0 heterocycles. The van der Waals surface area contributed by atoms with Gasteiger partial charge in [0.2, 0.25) is 0 Å². The predicted octanol–water partition coefficient (Wildman–Crippen LogP) is 4.39. The van der Waals surface area contributed by atoms with Crippen LogP contribution < -0.4 is 10.5 Å². The Morgan fingerprint density at radius 2 is 1.80 bits per heavy atom. The molecule has 1 aromatic rings. The Kier molecular flexibility index (Phi) is 7.61. The molecule has 0 fully saturated rings. The average Bonchev–Trinajstić information content (AvgIpc) is 2.31. The van der Waals surface area contributed by atoms with Gasteiger partial charge in [0.25, 0.3) is 0 Å². The Labute approximate surface area is 130 Å². The molecule has 20 heavy (non-hydrogen) atoms. The second-order valence-corrected chi connectivity index (χ2v) is 6.33. The summed E-state index contributed by atoms with van der Waals surface area (Å²) in [7, 11) is 0. The summed E-state index contributed by atoms with van der Waals surface area (Å²) in [6.07, 6.45) is 1.93. The molecule has 1 atom stereocenters. The Morgan fingerprint density at radius 3 is 2.25 bits per heavy atom. The van der Waals surface area contributed by atoms with Crippen molar-refractivity contribution in [2.24, 2.45) is 5.73 Å². The van der Waals surface area contributed by atoms with Crippen molar-refractivity contribution < 1.29 is 4.74 Å². The molecule has 3 heteroatoms. The fourth-order valence-corrected chi connectivity index (χ4v) is 2.24. The molecule has 0 spiro atoms. The molecule has 0 radical (unpaired) electrons. The lowest BCUT2D eigenvalue weighted by Gasteiger charge is -2.25. The van der Waals surface area contributed by atoms with Crippen LogP contribution in [0.25, 0.3) is 0 Å². The first-order valence-corrected chi connectivity index (χ1v) is 7.32. The van der Waals surface area contributed by atoms with Crippen molar-refractivity contribution in [1.29, 1.82) is 0 Å². The SMILES string of the molecule is CCOc1cc(CC(N)CC)c(C)cc1C(C)(C)C.Cl. The van der Waals surface area contributed by atoms with Gasteiger partial charge < -0.3 is 10.5 Å². The van der Waals surface area contributed by atoms with Crippen LogP contribution in [0.15, 0.2) is 12.1 Å². The van der Waals surface area contributed by atoms with Crippen LogP contribution in [0.1, 0.15) is 57.7 Å². The van der Waals surface area contributed by atoms with Crippen LogP contribution in [-0.2, 0) is 11.8 Å². The Bertz CT molecular complexity index is 424. The Balaban J connectivity index is 0.00000361. The van der Waals surface area contributed by atoms with E-state index in [0.717, 1.165) is 18.6 Å². The number of rotatable bonds is 5. The normalized spacial score (nSPS) is 12.8. The molecule has 0 aliphatic carbocycles. The van der Waals surface area contributed by atoms with Gasteiger partial charge in [-0.2, -0.15) is 0 Å². The lowest BCUT2D eigenvalue weighted by molar-refractivity contribution is 0.329. The van der Waals surface area contributed by atoms with Gasteiger partial charge in [0, 0.05) is 6.04 Å². The highest BCUT2D eigenvalue weighted by Gasteiger charge is 2.21. The molecule has 0 amide bonds. The topological polar surface area (TPSA) is 35.2 Å². The van der Waals surface area contributed by atoms with E-state index in [9.17, 15) is 0 Å². The second-order valence-electron chi connectivity index (χ2n) is 6.33. The molecule has 2 nitrogen and oxygen atoms in total. The van der Waals surface area contributed by atoms with Gasteiger partial charge >= 0.3 is 0 Å². The summed E-state index contributed by atoms with van der Waals surface area (Å²) < 4.78 is 5.83. The third-order valence-corrected chi connectivity index (χ3v) is 3.55. The first-order valence-electron chi connectivity index (χ1n) is 7.32. The molecule has 116 valence electrons. The highest BCUT2D eigenvalue weighted by Crippen LogP contribution is 2.34. The van der Waals surface area contributed by atoms with Gasteiger partial charge in [0.15, 0.2) is 0 Å². The van der Waals surface area contributed by atoms with E-state index < -0.39 is 0 Å². The number of aryl methyl sites for hydroxylation is 1. The van der Waals surface area contributed by atoms with Crippen LogP contribution in [0.4, 0.5) is 0 Å². The zero-order valence-corrected chi connectivity index (χ0v) is 14.6. The molecular weight excluding hydrogens is 270 g/mol. The molecule has 1 unspecified atom stereocenters. The van der Waals surface area contributed by atoms with Gasteiger partial charge in [-0.3, -0.25) is 0 Å². The van der Waals surface area contributed by atoms with E-state index in [1.165, 1.54) is 16.7 Å². The minimum absolute atomic E-state index is 0. The first kappa shape index (κ1) is 19.3. The van der Waals surface area contributed by atoms with Gasteiger partial charge in [-0.25, -0.2) is 0 Å². The van der Waals surface area contributed by atoms with Crippen molar-refractivity contribution in [2.45, 2.75) is 65.8 Å². The van der Waals surface area contributed by atoms with E-state index in [0.29, 0.717) is 6.61 Å². The maximum Gasteiger partial charge on any atom is 0.123 e. The largest absolute Gasteiger partial charge is 0.494 e. The van der Waals surface area contributed by atoms with E-state index in [2.05, 4.69) is 46.8 Å². The summed E-state index contributed by atoms with van der Waals surface area (Å²) in [5, 5.41) is 0. The van der Waals surface area contributed by atoms with Gasteiger partial charge in [0.1, 0.15) is 5.75 Å². The van der Waals surface area contributed by atoms with Gasteiger partial charge in [-0.05, 0) is 54.9 Å². The average molecular weight is 300 g/mol. The first-order chi connectivity index (χ1) is 8.79. The van der Waals surface area contributed by atoms with Crippen molar-refractivity contribution in [3.63, 3.8) is 0 Å². The van der Waals surface area contributed by atoms with Crippen LogP contribution in [0.5, 0.6) is 5.75 Å². The third kappa shape index (κ3) is 4.99. The third-order valence-electron chi connectivity index (χ3n) is 3.55. The van der Waals surface area contributed by atoms with Crippen molar-refractivity contribution >= 4 is 12.4 Å². The van der Waals surface area contributed by atoms with Gasteiger partial charge in [-0.1, -0.05) is 33.8 Å². The molecule has 0 saturated heterocycles. The smallest absolute Gasteiger partial charge is 0.123 e. The second kappa shape index (κ2) is 7.90. The number of halogens is 1. The highest BCUT2D eigenvalue weighted by atomic mass is 35.5. The molecule has 0 aliphatic heterocycles. The van der Waals surface area contributed by atoms with Crippen LogP contribution in [-0.4, -0.2) is 12.6 Å². The van der Waals surface area contributed by atoms with E-state index >= 15 is 0 Å². The molecule has 0 aromatic heterocycles. The van der Waals surface area contributed by atoms with Crippen molar-refractivity contribution in [2.75, 3.05) is 6.61 Å². The van der Waals surface area contributed by atoms with Gasteiger partial charge in [-0.15, -0.1) is 12.4 Å². The number of nitrogens with two attached hydrogens (primary N) is 1. The predicted molar refractivity (Wildman–Crippen MR) is 90.3 cm³/mol. The maximum atomic E-state index is 6.08. The number of hydrogen-bond donors (Lipinski definition) is 1. The fraction of sp³-hybridized carbons (Fsp3) is 0.647. The molecule has 0 saturated carbocycles. The zero-order chi connectivity index (χ0) is 14.6. The maximum absolute atomic E-state index is 6.08. The van der Waals surface area contributed by atoms with Crippen LogP contribution in [0.3, 0.4) is 0 Å². The summed E-state index contributed by atoms with van der Waals surface area (Å²) in [6.45, 7) is 13.7. The van der Waals surface area contributed by atoms with Crippen LogP contribution in [0, 0.1) is 6.92 Å². The van der Waals surface area contributed by atoms with E-state index in [1.54, 1.807) is 0 Å². The number of benzene rings is 1. The Hall–Kier alpha value is -0.730. The van der Waals surface area contributed by atoms with Crippen LogP contribution in [0.2, 0.25) is 0 Å². The van der Waals surface area contributed by atoms with Gasteiger partial charge in [0.05, 0.1) is 6.61 Å². The zero-order valence-electron chi connectivity index (χ0n) is 13.7. The quantitative estimate of drug-likeness (QED) is 0.875. The fourth-order valence-electron chi connectivity index (χ4n) is 2.24. The molecule has 0 bridgehead atoms. The van der Waals surface area contributed by atoms with Crippen molar-refractivity contribution in [3.05, 3.63) is 28.8 Å². The van der Waals surface area contributed by atoms with Crippen molar-refractivity contribution in [3.8, 4) is 5.75 Å². The van der Waals surface area contributed by atoms with E-state index in [1.807, 2.05) is 6.92 Å². The number of ether oxygens (including phenoxy) is 1. The van der Waals surface area contributed by atoms with E-state index in [4.69, 9.17) is 10.5 Å². The lowest BCUT2D eigenvalue weighted by Crippen LogP contribution is -2.22. The molecule has 2 N–H and O–H groups in total. The van der Waals surface area contributed by atoms with Crippen LogP contribution >= 0.6 is 12.4 Å². The molecule has 0 aliphatic rings. The minimum atomic E-state index is 0. The highest BCUT2D eigenvalue weighted by molar-refractivity contribution is 5.85. The summed E-state index contributed by atoms with van der Waals surface area (Å²) in [4.78, 5) is 0.